The van der Waals surface area contributed by atoms with Crippen LogP contribution in [0.4, 0.5) is 11.4 Å². The molecule has 1 heterocycles. The second kappa shape index (κ2) is 8.49. The van der Waals surface area contributed by atoms with Gasteiger partial charge in [0.2, 0.25) is 5.91 Å². The normalized spacial score (nSPS) is 15.0. The monoisotopic (exact) mass is 335 g/mol. The summed E-state index contributed by atoms with van der Waals surface area (Å²) >= 11 is 0. The number of rotatable bonds is 6. The zero-order valence-corrected chi connectivity index (χ0v) is 14.6. The number of hydrogen-bond donors (Lipinski definition) is 0. The Balaban J connectivity index is 1.57. The molecule has 0 radical (unpaired) electrons. The van der Waals surface area contributed by atoms with Gasteiger partial charge in [-0.1, -0.05) is 42.5 Å². The van der Waals surface area contributed by atoms with Crippen LogP contribution in [0.2, 0.25) is 0 Å². The first-order valence-electron chi connectivity index (χ1n) is 8.76. The zero-order chi connectivity index (χ0) is 17.5. The van der Waals surface area contributed by atoms with Gasteiger partial charge >= 0.3 is 0 Å². The maximum absolute atomic E-state index is 12.8. The van der Waals surface area contributed by atoms with Crippen LogP contribution in [0.5, 0.6) is 0 Å². The summed E-state index contributed by atoms with van der Waals surface area (Å²) in [6, 6.07) is 20.3. The van der Waals surface area contributed by atoms with Crippen molar-refractivity contribution in [1.29, 1.82) is 0 Å². The summed E-state index contributed by atoms with van der Waals surface area (Å²) in [6.45, 7) is 8.47. The van der Waals surface area contributed by atoms with Crippen LogP contribution in [0, 0.1) is 0 Å². The minimum absolute atomic E-state index is 0.124. The smallest absolute Gasteiger partial charge is 0.241 e. The highest BCUT2D eigenvalue weighted by atomic mass is 16.2. The molecule has 3 rings (SSSR count). The maximum Gasteiger partial charge on any atom is 0.241 e. The van der Waals surface area contributed by atoms with E-state index in [0.717, 1.165) is 31.9 Å². The van der Waals surface area contributed by atoms with Crippen molar-refractivity contribution in [2.45, 2.75) is 0 Å². The SMILES string of the molecule is C=CCN(C(=O)CN1CCN(c2ccccc2)CC1)c1ccccc1. The summed E-state index contributed by atoms with van der Waals surface area (Å²) < 4.78 is 0. The van der Waals surface area contributed by atoms with Crippen molar-refractivity contribution in [2.75, 3.05) is 49.1 Å². The number of carbonyl (C=O) groups excluding carboxylic acids is 1. The Hall–Kier alpha value is -2.59. The molecule has 1 aliphatic rings. The first-order valence-corrected chi connectivity index (χ1v) is 8.76. The van der Waals surface area contributed by atoms with Crippen molar-refractivity contribution in [3.63, 3.8) is 0 Å². The van der Waals surface area contributed by atoms with Gasteiger partial charge in [-0.15, -0.1) is 6.58 Å². The first-order chi connectivity index (χ1) is 12.3. The van der Waals surface area contributed by atoms with E-state index >= 15 is 0 Å². The Labute approximate surface area is 150 Å². The van der Waals surface area contributed by atoms with E-state index in [1.807, 2.05) is 36.4 Å². The lowest BCUT2D eigenvalue weighted by Crippen LogP contribution is -2.50. The van der Waals surface area contributed by atoms with Gasteiger partial charge in [0.15, 0.2) is 0 Å². The van der Waals surface area contributed by atoms with Gasteiger partial charge in [0.05, 0.1) is 6.54 Å². The number of hydrogen-bond acceptors (Lipinski definition) is 3. The number of para-hydroxylation sites is 2. The number of carbonyl (C=O) groups is 1. The highest BCUT2D eigenvalue weighted by Crippen LogP contribution is 2.17. The topological polar surface area (TPSA) is 26.8 Å². The van der Waals surface area contributed by atoms with Crippen molar-refractivity contribution in [1.82, 2.24) is 4.90 Å². The minimum Gasteiger partial charge on any atom is -0.369 e. The molecule has 0 spiro atoms. The second-order valence-corrected chi connectivity index (χ2v) is 6.23. The number of benzene rings is 2. The van der Waals surface area contributed by atoms with E-state index in [4.69, 9.17) is 0 Å². The summed E-state index contributed by atoms with van der Waals surface area (Å²) in [5.74, 6) is 0.124. The molecule has 0 aliphatic carbocycles. The molecule has 0 unspecified atom stereocenters. The molecule has 2 aromatic rings. The second-order valence-electron chi connectivity index (χ2n) is 6.23. The predicted molar refractivity (Wildman–Crippen MR) is 104 cm³/mol. The average Bonchev–Trinajstić information content (AvgIpc) is 2.68. The van der Waals surface area contributed by atoms with Crippen molar-refractivity contribution < 1.29 is 4.79 Å². The van der Waals surface area contributed by atoms with Crippen LogP contribution in [0.15, 0.2) is 73.3 Å². The molecule has 4 heteroatoms. The summed E-state index contributed by atoms with van der Waals surface area (Å²) in [5.41, 5.74) is 2.18. The highest BCUT2D eigenvalue weighted by Gasteiger charge is 2.22. The number of nitrogens with zero attached hydrogens (tertiary/aromatic N) is 3. The van der Waals surface area contributed by atoms with E-state index in [0.29, 0.717) is 13.1 Å². The van der Waals surface area contributed by atoms with Gasteiger partial charge in [0.1, 0.15) is 0 Å². The molecule has 130 valence electrons. The lowest BCUT2D eigenvalue weighted by Gasteiger charge is -2.36. The van der Waals surface area contributed by atoms with Gasteiger partial charge in [-0.3, -0.25) is 9.69 Å². The molecule has 2 aromatic carbocycles. The molecule has 25 heavy (non-hydrogen) atoms. The molecule has 4 nitrogen and oxygen atoms in total. The molecule has 0 N–H and O–H groups in total. The molecular formula is C21H25N3O. The first kappa shape index (κ1) is 17.2. The van der Waals surface area contributed by atoms with Gasteiger partial charge in [0, 0.05) is 44.1 Å². The molecular weight excluding hydrogens is 310 g/mol. The highest BCUT2D eigenvalue weighted by molar-refractivity contribution is 5.95. The predicted octanol–water partition coefficient (Wildman–Crippen LogP) is 3.03. The van der Waals surface area contributed by atoms with Gasteiger partial charge in [-0.05, 0) is 24.3 Å². The van der Waals surface area contributed by atoms with Crippen LogP contribution in [0.25, 0.3) is 0 Å². The van der Waals surface area contributed by atoms with E-state index in [2.05, 4.69) is 40.6 Å². The van der Waals surface area contributed by atoms with Crippen LogP contribution < -0.4 is 9.80 Å². The van der Waals surface area contributed by atoms with E-state index < -0.39 is 0 Å². The Morgan fingerprint density at radius 3 is 2.16 bits per heavy atom. The molecule has 0 atom stereocenters. The van der Waals surface area contributed by atoms with Crippen LogP contribution in [0.1, 0.15) is 0 Å². The molecule has 1 amide bonds. The summed E-state index contributed by atoms with van der Waals surface area (Å²) in [6.07, 6.45) is 1.78. The Kier molecular flexibility index (Phi) is 5.86. The van der Waals surface area contributed by atoms with Crippen molar-refractivity contribution in [2.24, 2.45) is 0 Å². The minimum atomic E-state index is 0.124. The van der Waals surface area contributed by atoms with Crippen LogP contribution >= 0.6 is 0 Å². The quantitative estimate of drug-likeness (QED) is 0.759. The largest absolute Gasteiger partial charge is 0.369 e. The van der Waals surface area contributed by atoms with E-state index in [9.17, 15) is 4.79 Å². The Morgan fingerprint density at radius 1 is 0.960 bits per heavy atom. The Bertz CT molecular complexity index is 679. The number of anilines is 2. The standard InChI is InChI=1S/C21H25N3O/c1-2-13-24(20-11-7-4-8-12-20)21(25)18-22-14-16-23(17-15-22)19-9-5-3-6-10-19/h2-12H,1,13-18H2. The lowest BCUT2D eigenvalue weighted by molar-refractivity contribution is -0.119. The summed E-state index contributed by atoms with van der Waals surface area (Å²) in [5, 5.41) is 0. The van der Waals surface area contributed by atoms with Gasteiger partial charge in [0.25, 0.3) is 0 Å². The van der Waals surface area contributed by atoms with Gasteiger partial charge in [-0.25, -0.2) is 0 Å². The van der Waals surface area contributed by atoms with E-state index in [1.54, 1.807) is 11.0 Å². The van der Waals surface area contributed by atoms with Crippen LogP contribution in [-0.2, 0) is 4.79 Å². The van der Waals surface area contributed by atoms with Crippen molar-refractivity contribution in [3.8, 4) is 0 Å². The number of amides is 1. The Morgan fingerprint density at radius 2 is 1.56 bits per heavy atom. The van der Waals surface area contributed by atoms with Crippen LogP contribution in [-0.4, -0.2) is 50.1 Å². The fourth-order valence-corrected chi connectivity index (χ4v) is 3.17. The van der Waals surface area contributed by atoms with Gasteiger partial charge in [-0.2, -0.15) is 0 Å². The van der Waals surface area contributed by atoms with Crippen molar-refractivity contribution in [3.05, 3.63) is 73.3 Å². The third-order valence-electron chi connectivity index (χ3n) is 4.53. The molecule has 0 bridgehead atoms. The summed E-state index contributed by atoms with van der Waals surface area (Å²) in [7, 11) is 0. The fourth-order valence-electron chi connectivity index (χ4n) is 3.17. The fraction of sp³-hybridized carbons (Fsp3) is 0.286. The number of piperazine rings is 1. The molecule has 1 saturated heterocycles. The van der Waals surface area contributed by atoms with E-state index in [-0.39, 0.29) is 5.91 Å². The molecule has 1 aliphatic heterocycles. The maximum atomic E-state index is 12.8. The van der Waals surface area contributed by atoms with Gasteiger partial charge < -0.3 is 9.80 Å². The molecule has 1 fully saturated rings. The lowest BCUT2D eigenvalue weighted by atomic mass is 10.2. The third-order valence-corrected chi connectivity index (χ3v) is 4.53. The molecule has 0 saturated carbocycles. The third kappa shape index (κ3) is 4.48. The summed E-state index contributed by atoms with van der Waals surface area (Å²) in [4.78, 5) is 19.2. The van der Waals surface area contributed by atoms with Crippen LogP contribution in [0.3, 0.4) is 0 Å². The zero-order valence-electron chi connectivity index (χ0n) is 14.6. The average molecular weight is 335 g/mol. The molecule has 0 aromatic heterocycles. The van der Waals surface area contributed by atoms with E-state index in [1.165, 1.54) is 5.69 Å². The van der Waals surface area contributed by atoms with Crippen molar-refractivity contribution >= 4 is 17.3 Å².